The van der Waals surface area contributed by atoms with E-state index in [-0.39, 0.29) is 17.2 Å². The monoisotopic (exact) mass is 306 g/mol. The summed E-state index contributed by atoms with van der Waals surface area (Å²) in [7, 11) is 0. The number of hydrogen-bond donors (Lipinski definition) is 1. The Kier molecular flexibility index (Phi) is 5.68. The van der Waals surface area contributed by atoms with Gasteiger partial charge in [-0.1, -0.05) is 20.3 Å². The summed E-state index contributed by atoms with van der Waals surface area (Å²) in [5, 5.41) is 10.4. The highest BCUT2D eigenvalue weighted by Gasteiger charge is 2.25. The smallest absolute Gasteiger partial charge is 0.223 e. The highest BCUT2D eigenvalue weighted by Crippen LogP contribution is 2.27. The molecule has 2 rings (SSSR count). The normalized spacial score (nSPS) is 21.0. The zero-order valence-electron chi connectivity index (χ0n) is 14.4. The average Bonchev–Trinajstić information content (AvgIpc) is 2.52. The molecule has 0 amide bonds. The Bertz CT molecular complexity index is 565. The summed E-state index contributed by atoms with van der Waals surface area (Å²) >= 11 is 0. The molecule has 124 valence electrons. The minimum atomic E-state index is -0.253. The molecule has 1 N–H and O–H groups in total. The first kappa shape index (κ1) is 17.1. The molecule has 0 spiro atoms. The van der Waals surface area contributed by atoms with Gasteiger partial charge in [0.05, 0.1) is 5.69 Å². The highest BCUT2D eigenvalue weighted by atomic mass is 16.3. The molecular formula is C18H30N2O2. The van der Waals surface area contributed by atoms with Gasteiger partial charge in [0, 0.05) is 30.4 Å². The van der Waals surface area contributed by atoms with E-state index in [1.165, 1.54) is 19.3 Å². The lowest BCUT2D eigenvalue weighted by Gasteiger charge is -2.36. The van der Waals surface area contributed by atoms with Crippen LogP contribution in [0.5, 0.6) is 5.75 Å². The molecular weight excluding hydrogens is 276 g/mol. The van der Waals surface area contributed by atoms with E-state index in [2.05, 4.69) is 30.2 Å². The molecule has 0 aromatic carbocycles. The fourth-order valence-electron chi connectivity index (χ4n) is 3.67. The van der Waals surface area contributed by atoms with E-state index in [4.69, 9.17) is 0 Å². The first-order chi connectivity index (χ1) is 10.5. The van der Waals surface area contributed by atoms with Crippen molar-refractivity contribution in [2.75, 3.05) is 6.54 Å². The number of likely N-dealkylation sites (tertiary alicyclic amines) is 1. The van der Waals surface area contributed by atoms with Gasteiger partial charge in [-0.2, -0.15) is 0 Å². The SMILES string of the molecule is CCC1CCCCN1Cc1c(O)c(=O)cc(C)n1C(C)CC. The summed E-state index contributed by atoms with van der Waals surface area (Å²) in [6.45, 7) is 10.2. The van der Waals surface area contributed by atoms with Crippen molar-refractivity contribution >= 4 is 0 Å². The third-order valence-corrected chi connectivity index (χ3v) is 5.12. The predicted octanol–water partition coefficient (Wildman–Crippen LogP) is 3.60. The molecule has 2 heterocycles. The van der Waals surface area contributed by atoms with E-state index in [9.17, 15) is 9.90 Å². The number of rotatable bonds is 5. The minimum absolute atomic E-state index is 0.0636. The van der Waals surface area contributed by atoms with Crippen molar-refractivity contribution < 1.29 is 5.11 Å². The van der Waals surface area contributed by atoms with Crippen LogP contribution in [0.15, 0.2) is 10.9 Å². The lowest BCUT2D eigenvalue weighted by molar-refractivity contribution is 0.130. The van der Waals surface area contributed by atoms with Gasteiger partial charge in [0.2, 0.25) is 5.43 Å². The van der Waals surface area contributed by atoms with Crippen LogP contribution in [0.2, 0.25) is 0 Å². The maximum absolute atomic E-state index is 12.0. The highest BCUT2D eigenvalue weighted by molar-refractivity contribution is 5.30. The molecule has 0 saturated carbocycles. The number of nitrogens with zero attached hydrogens (tertiary/aromatic N) is 2. The fourth-order valence-corrected chi connectivity index (χ4v) is 3.67. The van der Waals surface area contributed by atoms with E-state index in [1.807, 2.05) is 6.92 Å². The fraction of sp³-hybridized carbons (Fsp3) is 0.722. The number of aromatic nitrogens is 1. The van der Waals surface area contributed by atoms with Gasteiger partial charge in [-0.05, 0) is 46.1 Å². The lowest BCUT2D eigenvalue weighted by atomic mass is 9.99. The molecule has 1 aromatic rings. The number of hydrogen-bond acceptors (Lipinski definition) is 3. The van der Waals surface area contributed by atoms with Crippen LogP contribution in [-0.2, 0) is 6.54 Å². The topological polar surface area (TPSA) is 45.5 Å². The van der Waals surface area contributed by atoms with Gasteiger partial charge in [0.1, 0.15) is 0 Å². The Morgan fingerprint density at radius 1 is 1.36 bits per heavy atom. The second kappa shape index (κ2) is 7.32. The summed E-state index contributed by atoms with van der Waals surface area (Å²) in [5.41, 5.74) is 1.48. The van der Waals surface area contributed by atoms with Gasteiger partial charge in [-0.3, -0.25) is 9.69 Å². The van der Waals surface area contributed by atoms with Gasteiger partial charge < -0.3 is 9.67 Å². The summed E-state index contributed by atoms with van der Waals surface area (Å²) in [5.74, 6) is -0.0636. The van der Waals surface area contributed by atoms with Gasteiger partial charge in [-0.25, -0.2) is 0 Å². The zero-order valence-corrected chi connectivity index (χ0v) is 14.4. The molecule has 2 atom stereocenters. The van der Waals surface area contributed by atoms with Gasteiger partial charge >= 0.3 is 0 Å². The molecule has 1 saturated heterocycles. The van der Waals surface area contributed by atoms with Crippen LogP contribution >= 0.6 is 0 Å². The molecule has 22 heavy (non-hydrogen) atoms. The standard InChI is InChI=1S/C18H30N2O2/c1-5-13(3)20-14(4)11-17(21)18(22)16(20)12-19-10-8-7-9-15(19)6-2/h11,13,15,22H,5-10,12H2,1-4H3. The predicted molar refractivity (Wildman–Crippen MR) is 90.4 cm³/mol. The van der Waals surface area contributed by atoms with E-state index < -0.39 is 0 Å². The van der Waals surface area contributed by atoms with Crippen LogP contribution in [-0.4, -0.2) is 27.2 Å². The van der Waals surface area contributed by atoms with Gasteiger partial charge in [0.25, 0.3) is 0 Å². The Labute approximate surface area is 133 Å². The maximum atomic E-state index is 12.0. The quantitative estimate of drug-likeness (QED) is 0.904. The Morgan fingerprint density at radius 3 is 2.73 bits per heavy atom. The van der Waals surface area contributed by atoms with E-state index in [0.29, 0.717) is 12.6 Å². The van der Waals surface area contributed by atoms with Crippen molar-refractivity contribution in [1.82, 2.24) is 9.47 Å². The molecule has 0 bridgehead atoms. The molecule has 1 aromatic heterocycles. The van der Waals surface area contributed by atoms with Crippen molar-refractivity contribution in [1.29, 1.82) is 0 Å². The van der Waals surface area contributed by atoms with Crippen molar-refractivity contribution in [2.24, 2.45) is 0 Å². The first-order valence-corrected chi connectivity index (χ1v) is 8.67. The third kappa shape index (κ3) is 3.37. The first-order valence-electron chi connectivity index (χ1n) is 8.67. The third-order valence-electron chi connectivity index (χ3n) is 5.12. The number of pyridine rings is 1. The van der Waals surface area contributed by atoms with Crippen LogP contribution < -0.4 is 5.43 Å². The van der Waals surface area contributed by atoms with Gasteiger partial charge in [-0.15, -0.1) is 0 Å². The molecule has 2 unspecified atom stereocenters. The maximum Gasteiger partial charge on any atom is 0.223 e. The molecule has 1 aliphatic rings. The van der Waals surface area contributed by atoms with Crippen molar-refractivity contribution in [3.63, 3.8) is 0 Å². The summed E-state index contributed by atoms with van der Waals surface area (Å²) in [6, 6.07) is 2.40. The summed E-state index contributed by atoms with van der Waals surface area (Å²) in [6.07, 6.45) is 5.81. The van der Waals surface area contributed by atoms with Crippen LogP contribution in [0.4, 0.5) is 0 Å². The Balaban J connectivity index is 2.42. The molecule has 4 heteroatoms. The van der Waals surface area contributed by atoms with Crippen LogP contribution in [0.25, 0.3) is 0 Å². The van der Waals surface area contributed by atoms with E-state index in [0.717, 1.165) is 30.8 Å². The van der Waals surface area contributed by atoms with Crippen molar-refractivity contribution in [3.8, 4) is 5.75 Å². The molecule has 0 aliphatic carbocycles. The summed E-state index contributed by atoms with van der Waals surface area (Å²) < 4.78 is 2.15. The molecule has 1 aliphatic heterocycles. The minimum Gasteiger partial charge on any atom is -0.503 e. The van der Waals surface area contributed by atoms with Crippen LogP contribution in [0.1, 0.15) is 70.3 Å². The summed E-state index contributed by atoms with van der Waals surface area (Å²) in [4.78, 5) is 14.5. The number of aromatic hydroxyl groups is 1. The lowest BCUT2D eigenvalue weighted by Crippen LogP contribution is -2.39. The van der Waals surface area contributed by atoms with Crippen molar-refractivity contribution in [3.05, 3.63) is 27.7 Å². The molecule has 0 radical (unpaired) electrons. The average molecular weight is 306 g/mol. The van der Waals surface area contributed by atoms with Gasteiger partial charge in [0.15, 0.2) is 5.75 Å². The Morgan fingerprint density at radius 2 is 2.09 bits per heavy atom. The number of aryl methyl sites for hydroxylation is 1. The van der Waals surface area contributed by atoms with Crippen molar-refractivity contribution in [2.45, 2.75) is 78.4 Å². The number of piperidine rings is 1. The van der Waals surface area contributed by atoms with Crippen LogP contribution in [0.3, 0.4) is 0 Å². The van der Waals surface area contributed by atoms with Crippen LogP contribution in [0, 0.1) is 6.92 Å². The molecule has 1 fully saturated rings. The largest absolute Gasteiger partial charge is 0.503 e. The second-order valence-corrected chi connectivity index (χ2v) is 6.60. The zero-order chi connectivity index (χ0) is 16.3. The molecule has 4 nitrogen and oxygen atoms in total. The second-order valence-electron chi connectivity index (χ2n) is 6.60. The van der Waals surface area contributed by atoms with E-state index >= 15 is 0 Å². The Hall–Kier alpha value is -1.29. The van der Waals surface area contributed by atoms with E-state index in [1.54, 1.807) is 6.07 Å².